The van der Waals surface area contributed by atoms with E-state index >= 15 is 0 Å². The van der Waals surface area contributed by atoms with Crippen LogP contribution in [0.25, 0.3) is 0 Å². The standard InChI is InChI=1S/C25H25ClN4O6/c1-35-17-6-3-12(9-18(17)36-2)7-8-30-22(32)20-16(11-19(27)31)29-25(21(20)23(30)33)14-10-13(26)4-5-15(14)28-24(25)34/h3-6,9-10,16,20-21,29H,7-8,11H2,1-2H3,(H2,27,31)(H,28,34)/p+1/t16-,20+,21-,25-/m1/s1. The molecule has 3 aliphatic rings. The second-order valence-corrected chi connectivity index (χ2v) is 9.72. The molecule has 0 radical (unpaired) electrons. The molecule has 4 amide bonds. The number of amides is 4. The first kappa shape index (κ1) is 24.1. The molecule has 5 N–H and O–H groups in total. The lowest BCUT2D eigenvalue weighted by atomic mass is 9.76. The van der Waals surface area contributed by atoms with Gasteiger partial charge in [0, 0.05) is 17.1 Å². The second-order valence-electron chi connectivity index (χ2n) is 9.28. The number of carbonyl (C=O) groups is 4. The monoisotopic (exact) mass is 513 g/mol. The van der Waals surface area contributed by atoms with Crippen molar-refractivity contribution >= 4 is 40.9 Å². The number of nitrogens with zero attached hydrogens (tertiary/aromatic N) is 1. The van der Waals surface area contributed by atoms with Gasteiger partial charge in [-0.15, -0.1) is 0 Å². The molecule has 3 heterocycles. The van der Waals surface area contributed by atoms with Gasteiger partial charge in [-0.3, -0.25) is 24.1 Å². The Kier molecular flexibility index (Phi) is 5.88. The van der Waals surface area contributed by atoms with E-state index in [1.807, 2.05) is 6.07 Å². The SMILES string of the molecule is COc1ccc(CCN2C(=O)[C@H]3[C@@H](CC(N)=O)[NH2+][C@@]4(C(=O)Nc5ccc(Cl)cc54)[C@H]3C2=O)cc1OC. The lowest BCUT2D eigenvalue weighted by Crippen LogP contribution is -2.99. The number of hydrogen-bond acceptors (Lipinski definition) is 6. The van der Waals surface area contributed by atoms with Gasteiger partial charge in [0.2, 0.25) is 23.3 Å². The van der Waals surface area contributed by atoms with Crippen LogP contribution in [0.4, 0.5) is 5.69 Å². The van der Waals surface area contributed by atoms with Gasteiger partial charge in [0.05, 0.1) is 26.3 Å². The molecule has 2 aromatic carbocycles. The predicted molar refractivity (Wildman–Crippen MR) is 128 cm³/mol. The Morgan fingerprint density at radius 3 is 2.56 bits per heavy atom. The number of fused-ring (bicyclic) bond motifs is 4. The number of hydrogen-bond donors (Lipinski definition) is 3. The van der Waals surface area contributed by atoms with Crippen LogP contribution >= 0.6 is 11.6 Å². The molecular weight excluding hydrogens is 488 g/mol. The van der Waals surface area contributed by atoms with Crippen molar-refractivity contribution < 1.29 is 34.0 Å². The number of anilines is 1. The van der Waals surface area contributed by atoms with Crippen LogP contribution in [0.2, 0.25) is 5.02 Å². The van der Waals surface area contributed by atoms with Gasteiger partial charge < -0.3 is 25.8 Å². The van der Waals surface area contributed by atoms with Crippen molar-refractivity contribution in [3.63, 3.8) is 0 Å². The zero-order valence-electron chi connectivity index (χ0n) is 19.7. The maximum absolute atomic E-state index is 13.8. The quantitative estimate of drug-likeness (QED) is 0.450. The number of primary amides is 1. The molecule has 3 aliphatic heterocycles. The Bertz CT molecular complexity index is 1300. The van der Waals surface area contributed by atoms with Crippen molar-refractivity contribution in [3.05, 3.63) is 52.5 Å². The van der Waals surface area contributed by atoms with Gasteiger partial charge in [-0.2, -0.15) is 0 Å². The number of ether oxygens (including phenoxy) is 2. The predicted octanol–water partition coefficient (Wildman–Crippen LogP) is 0.170. The number of imide groups is 1. The number of likely N-dealkylation sites (tertiary alicyclic amines) is 1. The van der Waals surface area contributed by atoms with Crippen molar-refractivity contribution in [1.82, 2.24) is 4.90 Å². The maximum Gasteiger partial charge on any atom is 0.291 e. The molecule has 0 aromatic heterocycles. The summed E-state index contributed by atoms with van der Waals surface area (Å²) in [6.45, 7) is 0.115. The number of carbonyl (C=O) groups excluding carboxylic acids is 4. The lowest BCUT2D eigenvalue weighted by molar-refractivity contribution is -0.732. The van der Waals surface area contributed by atoms with E-state index in [9.17, 15) is 19.2 Å². The highest BCUT2D eigenvalue weighted by atomic mass is 35.5. The smallest absolute Gasteiger partial charge is 0.291 e. The zero-order valence-corrected chi connectivity index (χ0v) is 20.5. The van der Waals surface area contributed by atoms with E-state index in [0.717, 1.165) is 5.56 Å². The first-order chi connectivity index (χ1) is 17.2. The Labute approximate surface area is 212 Å². The maximum atomic E-state index is 13.8. The minimum absolute atomic E-state index is 0.115. The van der Waals surface area contributed by atoms with Crippen molar-refractivity contribution in [2.75, 3.05) is 26.1 Å². The molecule has 2 fully saturated rings. The first-order valence-corrected chi connectivity index (χ1v) is 11.9. The highest BCUT2D eigenvalue weighted by Crippen LogP contribution is 2.50. The van der Waals surface area contributed by atoms with Crippen LogP contribution < -0.4 is 25.8 Å². The zero-order chi connectivity index (χ0) is 25.8. The van der Waals surface area contributed by atoms with E-state index in [1.54, 1.807) is 35.6 Å². The number of nitrogens with one attached hydrogen (secondary N) is 1. The Morgan fingerprint density at radius 1 is 1.11 bits per heavy atom. The van der Waals surface area contributed by atoms with Crippen LogP contribution in [-0.2, 0) is 31.1 Å². The average molecular weight is 514 g/mol. The molecule has 5 rings (SSSR count). The largest absolute Gasteiger partial charge is 0.493 e. The van der Waals surface area contributed by atoms with Crippen LogP contribution in [0.3, 0.4) is 0 Å². The fourth-order valence-electron chi connectivity index (χ4n) is 5.91. The third-order valence-corrected chi connectivity index (χ3v) is 7.67. The molecule has 0 saturated carbocycles. The van der Waals surface area contributed by atoms with Gasteiger partial charge >= 0.3 is 0 Å². The summed E-state index contributed by atoms with van der Waals surface area (Å²) in [4.78, 5) is 53.8. The number of quaternary nitrogens is 1. The van der Waals surface area contributed by atoms with Crippen molar-refractivity contribution in [2.45, 2.75) is 24.4 Å². The molecular formula is C25H26ClN4O6+. The van der Waals surface area contributed by atoms with E-state index in [2.05, 4.69) is 5.32 Å². The summed E-state index contributed by atoms with van der Waals surface area (Å²) in [5.74, 6) is -2.63. The van der Waals surface area contributed by atoms with Gasteiger partial charge in [-0.25, -0.2) is 0 Å². The Morgan fingerprint density at radius 2 is 1.86 bits per heavy atom. The normalized spacial score (nSPS) is 26.2. The van der Waals surface area contributed by atoms with Crippen molar-refractivity contribution in [1.29, 1.82) is 0 Å². The number of rotatable bonds is 7. The third-order valence-electron chi connectivity index (χ3n) is 7.43. The van der Waals surface area contributed by atoms with E-state index in [4.69, 9.17) is 26.8 Å². The third kappa shape index (κ3) is 3.51. The fraction of sp³-hybridized carbons (Fsp3) is 0.360. The number of methoxy groups -OCH3 is 2. The number of halogens is 1. The topological polar surface area (TPSA) is 145 Å². The minimum atomic E-state index is -1.41. The van der Waals surface area contributed by atoms with E-state index in [1.165, 1.54) is 19.1 Å². The van der Waals surface area contributed by atoms with Crippen molar-refractivity contribution in [3.8, 4) is 11.5 Å². The van der Waals surface area contributed by atoms with Crippen LogP contribution in [-0.4, -0.2) is 55.3 Å². The lowest BCUT2D eigenvalue weighted by Gasteiger charge is -2.26. The van der Waals surface area contributed by atoms with E-state index in [0.29, 0.717) is 34.2 Å². The van der Waals surface area contributed by atoms with Gasteiger partial charge in [0.15, 0.2) is 11.5 Å². The molecule has 36 heavy (non-hydrogen) atoms. The molecule has 1 spiro atoms. The summed E-state index contributed by atoms with van der Waals surface area (Å²) in [6, 6.07) is 9.67. The molecule has 4 atom stereocenters. The highest BCUT2D eigenvalue weighted by Gasteiger charge is 2.74. The summed E-state index contributed by atoms with van der Waals surface area (Å²) in [7, 11) is 3.07. The van der Waals surface area contributed by atoms with Crippen LogP contribution in [0.5, 0.6) is 11.5 Å². The highest BCUT2D eigenvalue weighted by molar-refractivity contribution is 6.31. The van der Waals surface area contributed by atoms with E-state index < -0.39 is 47.0 Å². The molecule has 0 aliphatic carbocycles. The molecule has 2 saturated heterocycles. The molecule has 0 unspecified atom stereocenters. The van der Waals surface area contributed by atoms with E-state index in [-0.39, 0.29) is 13.0 Å². The van der Waals surface area contributed by atoms with Gasteiger partial charge in [0.1, 0.15) is 17.9 Å². The molecule has 11 heteroatoms. The summed E-state index contributed by atoms with van der Waals surface area (Å²) in [6.07, 6.45) is 0.234. The summed E-state index contributed by atoms with van der Waals surface area (Å²) in [5.41, 5.74) is 5.98. The number of nitrogens with two attached hydrogens (primary N) is 2. The molecule has 188 valence electrons. The van der Waals surface area contributed by atoms with Gasteiger partial charge in [-0.1, -0.05) is 17.7 Å². The summed E-state index contributed by atoms with van der Waals surface area (Å²) >= 11 is 6.25. The van der Waals surface area contributed by atoms with Crippen LogP contribution in [0, 0.1) is 11.8 Å². The Hall–Kier alpha value is -3.63. The fourth-order valence-corrected chi connectivity index (χ4v) is 6.08. The van der Waals surface area contributed by atoms with Crippen LogP contribution in [0.15, 0.2) is 36.4 Å². The molecule has 2 aromatic rings. The summed E-state index contributed by atoms with van der Waals surface area (Å²) < 4.78 is 10.6. The van der Waals surface area contributed by atoms with Gasteiger partial charge in [-0.05, 0) is 42.3 Å². The molecule has 10 nitrogen and oxygen atoms in total. The Balaban J connectivity index is 1.49. The average Bonchev–Trinajstić information content (AvgIpc) is 3.41. The first-order valence-electron chi connectivity index (χ1n) is 11.5. The van der Waals surface area contributed by atoms with Crippen LogP contribution in [0.1, 0.15) is 17.5 Å². The summed E-state index contributed by atoms with van der Waals surface area (Å²) in [5, 5.41) is 4.88. The second kappa shape index (κ2) is 8.79. The van der Waals surface area contributed by atoms with Crippen molar-refractivity contribution in [2.24, 2.45) is 17.6 Å². The minimum Gasteiger partial charge on any atom is -0.493 e. The van der Waals surface area contributed by atoms with Gasteiger partial charge in [0.25, 0.3) is 5.91 Å². The molecule has 0 bridgehead atoms. The number of benzene rings is 2.